The van der Waals surface area contributed by atoms with Gasteiger partial charge in [-0.25, -0.2) is 0 Å². The molecule has 7 nitrogen and oxygen atoms in total. The van der Waals surface area contributed by atoms with Crippen LogP contribution < -0.4 is 10.1 Å². The predicted octanol–water partition coefficient (Wildman–Crippen LogP) is 1.80. The number of hydrogen-bond donors (Lipinski definition) is 2. The van der Waals surface area contributed by atoms with Crippen LogP contribution in [0.25, 0.3) is 10.9 Å². The van der Waals surface area contributed by atoms with E-state index in [0.29, 0.717) is 13.2 Å². The van der Waals surface area contributed by atoms with Gasteiger partial charge in [0.25, 0.3) is 0 Å². The molecule has 0 radical (unpaired) electrons. The Morgan fingerprint density at radius 2 is 2.04 bits per heavy atom. The first-order chi connectivity index (χ1) is 13.7. The van der Waals surface area contributed by atoms with Gasteiger partial charge in [0.05, 0.1) is 25.9 Å². The number of hydrogen-bond acceptors (Lipinski definition) is 5. The highest BCUT2D eigenvalue weighted by Gasteiger charge is 2.42. The SMILES string of the molecule is COCCOCC(=O)N1CCC2(CC1)NCCc1c2[nH]c2ccc(OC)cc12. The molecular formula is C21H29N3O4. The number of methoxy groups -OCH3 is 2. The van der Waals surface area contributed by atoms with E-state index in [1.165, 1.54) is 16.6 Å². The molecule has 2 aliphatic heterocycles. The molecule has 0 aliphatic carbocycles. The summed E-state index contributed by atoms with van der Waals surface area (Å²) in [6.45, 7) is 3.50. The molecule has 0 saturated carbocycles. The maximum atomic E-state index is 12.4. The average Bonchev–Trinajstić information content (AvgIpc) is 3.11. The van der Waals surface area contributed by atoms with Crippen LogP contribution in [0, 0.1) is 0 Å². The first-order valence-corrected chi connectivity index (χ1v) is 9.95. The van der Waals surface area contributed by atoms with Crippen LogP contribution >= 0.6 is 0 Å². The van der Waals surface area contributed by atoms with Gasteiger partial charge < -0.3 is 29.4 Å². The average molecular weight is 387 g/mol. The third kappa shape index (κ3) is 3.50. The largest absolute Gasteiger partial charge is 0.497 e. The van der Waals surface area contributed by atoms with Crippen LogP contribution in [0.5, 0.6) is 5.75 Å². The van der Waals surface area contributed by atoms with E-state index < -0.39 is 0 Å². The summed E-state index contributed by atoms with van der Waals surface area (Å²) >= 11 is 0. The standard InChI is InChI=1S/C21H29N3O4/c1-26-11-12-28-14-19(25)24-9-6-21(7-10-24)20-16(5-8-22-21)17-13-15(27-2)3-4-18(17)23-20/h3-4,13,22-23H,5-12,14H2,1-2H3. The Hall–Kier alpha value is -2.09. The molecule has 1 aromatic heterocycles. The van der Waals surface area contributed by atoms with E-state index >= 15 is 0 Å². The highest BCUT2D eigenvalue weighted by molar-refractivity contribution is 5.87. The zero-order valence-corrected chi connectivity index (χ0v) is 16.7. The lowest BCUT2D eigenvalue weighted by atomic mass is 9.79. The Bertz CT molecular complexity index is 840. The summed E-state index contributed by atoms with van der Waals surface area (Å²) < 4.78 is 15.8. The van der Waals surface area contributed by atoms with Crippen molar-refractivity contribution in [1.29, 1.82) is 0 Å². The van der Waals surface area contributed by atoms with Crippen molar-refractivity contribution in [2.24, 2.45) is 0 Å². The van der Waals surface area contributed by atoms with Gasteiger partial charge in [0.15, 0.2) is 0 Å². The minimum Gasteiger partial charge on any atom is -0.497 e. The summed E-state index contributed by atoms with van der Waals surface area (Å²) in [4.78, 5) is 18.0. The molecule has 0 bridgehead atoms. The molecule has 2 N–H and O–H groups in total. The molecule has 4 rings (SSSR count). The molecule has 2 aromatic rings. The van der Waals surface area contributed by atoms with Crippen molar-refractivity contribution in [3.05, 3.63) is 29.5 Å². The second-order valence-corrected chi connectivity index (χ2v) is 7.58. The molecule has 28 heavy (non-hydrogen) atoms. The number of amides is 1. The zero-order chi connectivity index (χ0) is 19.6. The van der Waals surface area contributed by atoms with E-state index in [1.807, 2.05) is 11.0 Å². The molecule has 1 aromatic carbocycles. The second-order valence-electron chi connectivity index (χ2n) is 7.58. The molecule has 1 fully saturated rings. The van der Waals surface area contributed by atoms with Crippen LogP contribution in [-0.4, -0.2) is 69.5 Å². The number of fused-ring (bicyclic) bond motifs is 4. The lowest BCUT2D eigenvalue weighted by Crippen LogP contribution is -2.55. The van der Waals surface area contributed by atoms with Crippen LogP contribution in [0.1, 0.15) is 24.1 Å². The topological polar surface area (TPSA) is 75.8 Å². The van der Waals surface area contributed by atoms with Crippen molar-refractivity contribution < 1.29 is 19.0 Å². The van der Waals surface area contributed by atoms with Gasteiger partial charge in [0, 0.05) is 43.3 Å². The fourth-order valence-corrected chi connectivity index (χ4v) is 4.49. The van der Waals surface area contributed by atoms with Crippen molar-refractivity contribution in [2.75, 3.05) is 53.7 Å². The van der Waals surface area contributed by atoms with Crippen LogP contribution in [0.3, 0.4) is 0 Å². The third-order valence-corrected chi connectivity index (χ3v) is 6.06. The molecule has 0 atom stereocenters. The number of aromatic nitrogens is 1. The number of benzene rings is 1. The smallest absolute Gasteiger partial charge is 0.248 e. The Kier molecular flexibility index (Phi) is 5.57. The van der Waals surface area contributed by atoms with E-state index in [0.717, 1.165) is 50.2 Å². The van der Waals surface area contributed by atoms with Gasteiger partial charge in [-0.15, -0.1) is 0 Å². The fourth-order valence-electron chi connectivity index (χ4n) is 4.49. The number of nitrogens with one attached hydrogen (secondary N) is 2. The van der Waals surface area contributed by atoms with Crippen LogP contribution in [0.4, 0.5) is 0 Å². The van der Waals surface area contributed by atoms with Gasteiger partial charge in [-0.05, 0) is 43.0 Å². The molecule has 1 saturated heterocycles. The molecule has 152 valence electrons. The Morgan fingerprint density at radius 1 is 1.21 bits per heavy atom. The van der Waals surface area contributed by atoms with E-state index in [-0.39, 0.29) is 18.1 Å². The van der Waals surface area contributed by atoms with E-state index in [4.69, 9.17) is 14.2 Å². The molecule has 2 aliphatic rings. The summed E-state index contributed by atoms with van der Waals surface area (Å²) in [6, 6.07) is 6.21. The molecule has 1 spiro atoms. The van der Waals surface area contributed by atoms with Crippen molar-refractivity contribution in [1.82, 2.24) is 15.2 Å². The first kappa shape index (κ1) is 19.2. The van der Waals surface area contributed by atoms with E-state index in [9.17, 15) is 4.79 Å². The number of nitrogens with zero attached hydrogens (tertiary/aromatic N) is 1. The summed E-state index contributed by atoms with van der Waals surface area (Å²) in [5.74, 6) is 0.944. The first-order valence-electron chi connectivity index (χ1n) is 9.95. The molecule has 3 heterocycles. The number of likely N-dealkylation sites (tertiary alicyclic amines) is 1. The second kappa shape index (κ2) is 8.11. The number of carbonyl (C=O) groups is 1. The monoisotopic (exact) mass is 387 g/mol. The number of H-pyrrole nitrogens is 1. The highest BCUT2D eigenvalue weighted by atomic mass is 16.5. The summed E-state index contributed by atoms with van der Waals surface area (Å²) in [5.41, 5.74) is 3.73. The summed E-state index contributed by atoms with van der Waals surface area (Å²) in [5, 5.41) is 5.00. The quantitative estimate of drug-likeness (QED) is 0.740. The minimum absolute atomic E-state index is 0.0587. The molecule has 1 amide bonds. The van der Waals surface area contributed by atoms with E-state index in [1.54, 1.807) is 14.2 Å². The molecular weight excluding hydrogens is 358 g/mol. The van der Waals surface area contributed by atoms with Crippen LogP contribution in [0.2, 0.25) is 0 Å². The van der Waals surface area contributed by atoms with Crippen molar-refractivity contribution in [3.63, 3.8) is 0 Å². The van der Waals surface area contributed by atoms with Gasteiger partial charge in [0.2, 0.25) is 5.91 Å². The van der Waals surface area contributed by atoms with E-state index in [2.05, 4.69) is 22.4 Å². The predicted molar refractivity (Wildman–Crippen MR) is 107 cm³/mol. The van der Waals surface area contributed by atoms with Crippen molar-refractivity contribution in [2.45, 2.75) is 24.8 Å². The van der Waals surface area contributed by atoms with Crippen LogP contribution in [0.15, 0.2) is 18.2 Å². The number of ether oxygens (including phenoxy) is 3. The van der Waals surface area contributed by atoms with Crippen molar-refractivity contribution in [3.8, 4) is 5.75 Å². The molecule has 7 heteroatoms. The summed E-state index contributed by atoms with van der Waals surface area (Å²) in [7, 11) is 3.33. The number of carbonyl (C=O) groups excluding carboxylic acids is 1. The Morgan fingerprint density at radius 3 is 2.79 bits per heavy atom. The number of rotatable bonds is 6. The number of piperidine rings is 1. The maximum Gasteiger partial charge on any atom is 0.248 e. The van der Waals surface area contributed by atoms with Gasteiger partial charge >= 0.3 is 0 Å². The van der Waals surface area contributed by atoms with Gasteiger partial charge in [0.1, 0.15) is 12.4 Å². The summed E-state index contributed by atoms with van der Waals surface area (Å²) in [6.07, 6.45) is 2.79. The highest BCUT2D eigenvalue weighted by Crippen LogP contribution is 2.40. The van der Waals surface area contributed by atoms with Crippen LogP contribution in [-0.2, 0) is 26.2 Å². The van der Waals surface area contributed by atoms with Crippen molar-refractivity contribution >= 4 is 16.8 Å². The maximum absolute atomic E-state index is 12.4. The lowest BCUT2D eigenvalue weighted by molar-refractivity contribution is -0.138. The van der Waals surface area contributed by atoms with Gasteiger partial charge in [-0.1, -0.05) is 0 Å². The molecule has 0 unspecified atom stereocenters. The lowest BCUT2D eigenvalue weighted by Gasteiger charge is -2.44. The van der Waals surface area contributed by atoms with Gasteiger partial charge in [-0.2, -0.15) is 0 Å². The minimum atomic E-state index is -0.0898. The van der Waals surface area contributed by atoms with Gasteiger partial charge in [-0.3, -0.25) is 4.79 Å². The fraction of sp³-hybridized carbons (Fsp3) is 0.571. The Labute approximate surface area is 165 Å². The third-order valence-electron chi connectivity index (χ3n) is 6.06. The normalized spacial score (nSPS) is 18.4. The zero-order valence-electron chi connectivity index (χ0n) is 16.7. The Balaban J connectivity index is 1.48. The number of aromatic amines is 1.